The molecule has 1 aromatic heterocycles. The van der Waals surface area contributed by atoms with Crippen LogP contribution in [0.15, 0.2) is 10.2 Å². The molecule has 0 aliphatic carbocycles. The van der Waals surface area contributed by atoms with Crippen LogP contribution < -0.4 is 10.2 Å². The Morgan fingerprint density at radius 1 is 1.53 bits per heavy atom. The second kappa shape index (κ2) is 6.51. The molecule has 1 heterocycles. The number of carbonyl (C=O) groups is 2. The van der Waals surface area contributed by atoms with E-state index in [0.29, 0.717) is 12.1 Å². The molecule has 0 saturated heterocycles. The van der Waals surface area contributed by atoms with Gasteiger partial charge in [-0.25, -0.2) is 4.79 Å². The molecule has 0 aliphatic rings. The molecule has 106 valence electrons. The highest BCUT2D eigenvalue weighted by molar-refractivity contribution is 7.07. The monoisotopic (exact) mass is 286 g/mol. The zero-order valence-corrected chi connectivity index (χ0v) is 12.0. The van der Waals surface area contributed by atoms with Crippen molar-refractivity contribution in [2.24, 2.45) is 5.92 Å². The average Bonchev–Trinajstić information content (AvgIpc) is 2.66. The van der Waals surface area contributed by atoms with E-state index in [-0.39, 0.29) is 17.3 Å². The molecule has 1 rings (SSSR count). The summed E-state index contributed by atoms with van der Waals surface area (Å²) in [5.74, 6) is -1.69. The molecule has 0 fully saturated rings. The van der Waals surface area contributed by atoms with E-state index in [1.807, 2.05) is 6.92 Å². The van der Waals surface area contributed by atoms with Crippen LogP contribution in [0, 0.1) is 12.8 Å². The van der Waals surface area contributed by atoms with Gasteiger partial charge in [0.05, 0.1) is 0 Å². The Morgan fingerprint density at radius 2 is 2.16 bits per heavy atom. The van der Waals surface area contributed by atoms with Crippen molar-refractivity contribution in [3.05, 3.63) is 20.7 Å². The van der Waals surface area contributed by atoms with Gasteiger partial charge in [0.1, 0.15) is 12.6 Å². The quantitative estimate of drug-likeness (QED) is 0.811. The normalized spacial score (nSPS) is 13.8. The molecule has 2 N–H and O–H groups in total. The van der Waals surface area contributed by atoms with Crippen molar-refractivity contribution in [1.82, 2.24) is 9.88 Å². The molecule has 1 amide bonds. The molecule has 0 aromatic carbocycles. The lowest BCUT2D eigenvalue weighted by molar-refractivity contribution is -0.143. The van der Waals surface area contributed by atoms with Gasteiger partial charge in [0.15, 0.2) is 0 Å². The highest BCUT2D eigenvalue weighted by atomic mass is 32.1. The summed E-state index contributed by atoms with van der Waals surface area (Å²) in [6, 6.07) is -0.924. The van der Waals surface area contributed by atoms with Crippen LogP contribution in [0.1, 0.15) is 26.0 Å². The summed E-state index contributed by atoms with van der Waals surface area (Å²) in [5.41, 5.74) is 0.695. The number of rotatable bonds is 6. The molecule has 0 radical (unpaired) electrons. The summed E-state index contributed by atoms with van der Waals surface area (Å²) in [4.78, 5) is 34.2. The summed E-state index contributed by atoms with van der Waals surface area (Å²) in [7, 11) is 0. The predicted molar refractivity (Wildman–Crippen MR) is 72.3 cm³/mol. The maximum atomic E-state index is 11.8. The summed E-state index contributed by atoms with van der Waals surface area (Å²) >= 11 is 1.02. The highest BCUT2D eigenvalue weighted by Crippen LogP contribution is 2.08. The van der Waals surface area contributed by atoms with Gasteiger partial charge in [0.2, 0.25) is 5.91 Å². The Balaban J connectivity index is 2.74. The molecule has 0 aliphatic heterocycles. The van der Waals surface area contributed by atoms with Crippen molar-refractivity contribution in [2.75, 3.05) is 0 Å². The van der Waals surface area contributed by atoms with Crippen LogP contribution in [-0.4, -0.2) is 27.6 Å². The van der Waals surface area contributed by atoms with Gasteiger partial charge >= 0.3 is 10.8 Å². The number of hydrogen-bond acceptors (Lipinski definition) is 4. The Morgan fingerprint density at radius 3 is 2.58 bits per heavy atom. The second-order valence-electron chi connectivity index (χ2n) is 4.50. The number of carboxylic acids is 1. The number of aryl methyl sites for hydroxylation is 1. The zero-order chi connectivity index (χ0) is 14.6. The Kier molecular flexibility index (Phi) is 5.29. The van der Waals surface area contributed by atoms with E-state index >= 15 is 0 Å². The first-order chi connectivity index (χ1) is 8.86. The van der Waals surface area contributed by atoms with Crippen molar-refractivity contribution in [2.45, 2.75) is 39.8 Å². The number of carboxylic acid groups (broad SMARTS) is 1. The lowest BCUT2D eigenvalue weighted by Crippen LogP contribution is -2.46. The molecule has 2 unspecified atom stereocenters. The van der Waals surface area contributed by atoms with E-state index in [0.717, 1.165) is 11.3 Å². The SMILES string of the molecule is CCC(C)C(NC(=O)Cn1c(C)csc1=O)C(=O)O. The van der Waals surface area contributed by atoms with Crippen molar-refractivity contribution in [3.8, 4) is 0 Å². The Bertz CT molecular complexity index is 520. The van der Waals surface area contributed by atoms with Gasteiger partial charge < -0.3 is 10.4 Å². The number of aliphatic carboxylic acids is 1. The first-order valence-electron chi connectivity index (χ1n) is 6.03. The Labute approximate surface area is 115 Å². The minimum absolute atomic E-state index is 0.144. The van der Waals surface area contributed by atoms with Crippen molar-refractivity contribution < 1.29 is 14.7 Å². The van der Waals surface area contributed by atoms with Crippen LogP contribution in [0.4, 0.5) is 0 Å². The molecule has 0 saturated carbocycles. The largest absolute Gasteiger partial charge is 0.480 e. The molecule has 7 heteroatoms. The number of thiazole rings is 1. The highest BCUT2D eigenvalue weighted by Gasteiger charge is 2.25. The molecule has 6 nitrogen and oxygen atoms in total. The van der Waals surface area contributed by atoms with Crippen molar-refractivity contribution >= 4 is 23.2 Å². The topological polar surface area (TPSA) is 88.4 Å². The predicted octanol–water partition coefficient (Wildman–Crippen LogP) is 0.834. The molecule has 19 heavy (non-hydrogen) atoms. The summed E-state index contributed by atoms with van der Waals surface area (Å²) in [6.45, 7) is 5.21. The number of hydrogen-bond donors (Lipinski definition) is 2. The summed E-state index contributed by atoms with van der Waals surface area (Å²) in [6.07, 6.45) is 0.647. The number of nitrogens with one attached hydrogen (secondary N) is 1. The molecular weight excluding hydrogens is 268 g/mol. The van der Waals surface area contributed by atoms with Gasteiger partial charge in [-0.1, -0.05) is 31.6 Å². The van der Waals surface area contributed by atoms with Gasteiger partial charge in [0, 0.05) is 11.1 Å². The smallest absolute Gasteiger partial charge is 0.326 e. The summed E-state index contributed by atoms with van der Waals surface area (Å²) in [5, 5.41) is 13.2. The molecule has 1 aromatic rings. The average molecular weight is 286 g/mol. The molecule has 2 atom stereocenters. The third kappa shape index (κ3) is 3.92. The van der Waals surface area contributed by atoms with E-state index in [1.165, 1.54) is 4.57 Å². The maximum Gasteiger partial charge on any atom is 0.326 e. The summed E-state index contributed by atoms with van der Waals surface area (Å²) < 4.78 is 1.33. The van der Waals surface area contributed by atoms with E-state index in [4.69, 9.17) is 5.11 Å². The van der Waals surface area contributed by atoms with Crippen LogP contribution in [0.5, 0.6) is 0 Å². The third-order valence-corrected chi connectivity index (χ3v) is 3.95. The fourth-order valence-corrected chi connectivity index (χ4v) is 2.38. The van der Waals surface area contributed by atoms with Gasteiger partial charge in [-0.15, -0.1) is 0 Å². The van der Waals surface area contributed by atoms with Crippen LogP contribution in [0.3, 0.4) is 0 Å². The fourth-order valence-electron chi connectivity index (χ4n) is 1.64. The van der Waals surface area contributed by atoms with Gasteiger partial charge in [-0.2, -0.15) is 0 Å². The van der Waals surface area contributed by atoms with E-state index in [1.54, 1.807) is 19.2 Å². The first kappa shape index (κ1) is 15.4. The lowest BCUT2D eigenvalue weighted by Gasteiger charge is -2.20. The van der Waals surface area contributed by atoms with E-state index in [2.05, 4.69) is 5.32 Å². The number of aromatic nitrogens is 1. The van der Waals surface area contributed by atoms with Crippen LogP contribution in [-0.2, 0) is 16.1 Å². The maximum absolute atomic E-state index is 11.8. The standard InChI is InChI=1S/C12H18N2O4S/c1-4-7(2)10(11(16)17)13-9(15)5-14-8(3)6-19-12(14)18/h6-7,10H,4-5H2,1-3H3,(H,13,15)(H,16,17). The number of carbonyl (C=O) groups excluding carboxylic acids is 1. The third-order valence-electron chi connectivity index (χ3n) is 3.07. The van der Waals surface area contributed by atoms with Crippen LogP contribution in [0.2, 0.25) is 0 Å². The molecule has 0 spiro atoms. The van der Waals surface area contributed by atoms with Gasteiger partial charge in [-0.3, -0.25) is 14.2 Å². The van der Waals surface area contributed by atoms with Gasteiger partial charge in [0.25, 0.3) is 0 Å². The number of nitrogens with zero attached hydrogens (tertiary/aromatic N) is 1. The fraction of sp³-hybridized carbons (Fsp3) is 0.583. The molecular formula is C12H18N2O4S. The number of amides is 1. The van der Waals surface area contributed by atoms with Crippen molar-refractivity contribution in [3.63, 3.8) is 0 Å². The van der Waals surface area contributed by atoms with E-state index in [9.17, 15) is 14.4 Å². The zero-order valence-electron chi connectivity index (χ0n) is 11.2. The Hall–Kier alpha value is -1.63. The van der Waals surface area contributed by atoms with Crippen molar-refractivity contribution in [1.29, 1.82) is 0 Å². The van der Waals surface area contributed by atoms with Gasteiger partial charge in [-0.05, 0) is 12.8 Å². The second-order valence-corrected chi connectivity index (χ2v) is 5.32. The minimum Gasteiger partial charge on any atom is -0.480 e. The van der Waals surface area contributed by atoms with Crippen LogP contribution in [0.25, 0.3) is 0 Å². The minimum atomic E-state index is -1.06. The van der Waals surface area contributed by atoms with E-state index < -0.39 is 17.9 Å². The van der Waals surface area contributed by atoms with Crippen LogP contribution >= 0.6 is 11.3 Å². The lowest BCUT2D eigenvalue weighted by atomic mass is 9.99. The first-order valence-corrected chi connectivity index (χ1v) is 6.91. The molecule has 0 bridgehead atoms.